The van der Waals surface area contributed by atoms with Crippen LogP contribution in [0.2, 0.25) is 0 Å². The van der Waals surface area contributed by atoms with Crippen molar-refractivity contribution in [2.75, 3.05) is 18.6 Å². The van der Waals surface area contributed by atoms with Crippen molar-refractivity contribution in [3.8, 4) is 22.6 Å². The van der Waals surface area contributed by atoms with Crippen LogP contribution in [0.5, 0.6) is 11.5 Å². The Balaban J connectivity index is 2.04. The van der Waals surface area contributed by atoms with E-state index in [1.54, 1.807) is 18.2 Å². The van der Waals surface area contributed by atoms with Crippen LogP contribution in [0, 0.1) is 6.92 Å². The summed E-state index contributed by atoms with van der Waals surface area (Å²) in [6, 6.07) is 12.8. The van der Waals surface area contributed by atoms with E-state index in [2.05, 4.69) is 0 Å². The van der Waals surface area contributed by atoms with Gasteiger partial charge in [0.25, 0.3) is 0 Å². The molecule has 118 valence electrons. The van der Waals surface area contributed by atoms with Crippen molar-refractivity contribution in [2.45, 2.75) is 13.3 Å². The highest BCUT2D eigenvalue weighted by atomic mass is 32.2. The molecule has 2 rings (SSSR count). The Morgan fingerprint density at radius 1 is 1.14 bits per heavy atom. The number of ether oxygens (including phenoxy) is 1. The van der Waals surface area contributed by atoms with E-state index < -0.39 is 9.84 Å². The van der Waals surface area contributed by atoms with Crippen molar-refractivity contribution >= 4 is 9.84 Å². The number of benzene rings is 2. The van der Waals surface area contributed by atoms with E-state index in [9.17, 15) is 13.5 Å². The Labute approximate surface area is 131 Å². The van der Waals surface area contributed by atoms with Crippen molar-refractivity contribution in [3.05, 3.63) is 48.0 Å². The van der Waals surface area contributed by atoms with Crippen LogP contribution in [-0.4, -0.2) is 32.1 Å². The Hall–Kier alpha value is -2.01. The van der Waals surface area contributed by atoms with Crippen molar-refractivity contribution in [3.63, 3.8) is 0 Å². The van der Waals surface area contributed by atoms with E-state index in [1.807, 2.05) is 31.2 Å². The van der Waals surface area contributed by atoms with Crippen LogP contribution in [0.3, 0.4) is 0 Å². The van der Waals surface area contributed by atoms with Gasteiger partial charge in [-0.2, -0.15) is 0 Å². The second kappa shape index (κ2) is 6.83. The molecule has 0 radical (unpaired) electrons. The van der Waals surface area contributed by atoms with Gasteiger partial charge in [0.1, 0.15) is 21.3 Å². The summed E-state index contributed by atoms with van der Waals surface area (Å²) < 4.78 is 27.7. The number of hydrogen-bond acceptors (Lipinski definition) is 4. The monoisotopic (exact) mass is 320 g/mol. The fraction of sp³-hybridized carbons (Fsp3) is 0.294. The quantitative estimate of drug-likeness (QED) is 0.830. The highest BCUT2D eigenvalue weighted by Gasteiger charge is 2.06. The average Bonchev–Trinajstić information content (AvgIpc) is 2.43. The Kier molecular flexibility index (Phi) is 5.08. The number of aryl methyl sites for hydroxylation is 1. The molecule has 2 aromatic carbocycles. The van der Waals surface area contributed by atoms with Crippen LogP contribution in [0.25, 0.3) is 11.1 Å². The van der Waals surface area contributed by atoms with Gasteiger partial charge in [0.2, 0.25) is 0 Å². The van der Waals surface area contributed by atoms with Gasteiger partial charge < -0.3 is 9.84 Å². The number of hydrogen-bond donors (Lipinski definition) is 1. The summed E-state index contributed by atoms with van der Waals surface area (Å²) in [5.41, 5.74) is 3.01. The molecule has 0 aliphatic rings. The number of phenols is 1. The van der Waals surface area contributed by atoms with E-state index in [4.69, 9.17) is 4.74 Å². The first-order chi connectivity index (χ1) is 10.3. The van der Waals surface area contributed by atoms with Crippen LogP contribution < -0.4 is 4.74 Å². The molecule has 5 heteroatoms. The third kappa shape index (κ3) is 4.77. The molecule has 4 nitrogen and oxygen atoms in total. The molecule has 22 heavy (non-hydrogen) atoms. The average molecular weight is 320 g/mol. The van der Waals surface area contributed by atoms with E-state index in [0.29, 0.717) is 13.0 Å². The molecule has 0 bridgehead atoms. The number of rotatable bonds is 6. The zero-order valence-electron chi connectivity index (χ0n) is 12.7. The highest BCUT2D eigenvalue weighted by Crippen LogP contribution is 2.28. The van der Waals surface area contributed by atoms with Gasteiger partial charge in [-0.25, -0.2) is 8.42 Å². The topological polar surface area (TPSA) is 63.6 Å². The molecule has 0 aliphatic carbocycles. The molecule has 0 unspecified atom stereocenters. The first-order valence-electron chi connectivity index (χ1n) is 7.06. The number of aromatic hydroxyl groups is 1. The standard InChI is InChI=1S/C17H20O4S/c1-13-11-16(21-9-4-10-22(2,19)20)7-8-17(13)14-5-3-6-15(18)12-14/h3,5-8,11-12,18H,4,9-10H2,1-2H3. The molecule has 0 fully saturated rings. The van der Waals surface area contributed by atoms with E-state index in [-0.39, 0.29) is 11.5 Å². The number of phenolic OH excluding ortho intramolecular Hbond substituents is 1. The van der Waals surface area contributed by atoms with Gasteiger partial charge in [-0.15, -0.1) is 0 Å². The maximum Gasteiger partial charge on any atom is 0.147 e. The summed E-state index contributed by atoms with van der Waals surface area (Å²) in [4.78, 5) is 0. The second-order valence-corrected chi connectivity index (χ2v) is 7.62. The van der Waals surface area contributed by atoms with Gasteiger partial charge >= 0.3 is 0 Å². The minimum absolute atomic E-state index is 0.132. The Morgan fingerprint density at radius 2 is 1.91 bits per heavy atom. The lowest BCUT2D eigenvalue weighted by Gasteiger charge is -2.10. The maximum absolute atomic E-state index is 11.0. The summed E-state index contributed by atoms with van der Waals surface area (Å²) in [6.45, 7) is 2.35. The minimum Gasteiger partial charge on any atom is -0.508 e. The van der Waals surface area contributed by atoms with Crippen LogP contribution in [-0.2, 0) is 9.84 Å². The zero-order chi connectivity index (χ0) is 16.2. The molecule has 0 aromatic heterocycles. The Morgan fingerprint density at radius 3 is 2.55 bits per heavy atom. The molecule has 1 N–H and O–H groups in total. The van der Waals surface area contributed by atoms with Gasteiger partial charge in [0, 0.05) is 6.26 Å². The smallest absolute Gasteiger partial charge is 0.147 e. The van der Waals surface area contributed by atoms with Crippen molar-refractivity contribution < 1.29 is 18.3 Å². The molecule has 2 aromatic rings. The van der Waals surface area contributed by atoms with E-state index in [0.717, 1.165) is 22.4 Å². The molecule has 0 spiro atoms. The molecule has 0 amide bonds. The van der Waals surface area contributed by atoms with Gasteiger partial charge in [-0.05, 0) is 54.3 Å². The van der Waals surface area contributed by atoms with Crippen LogP contribution in [0.15, 0.2) is 42.5 Å². The largest absolute Gasteiger partial charge is 0.508 e. The SMILES string of the molecule is Cc1cc(OCCCS(C)(=O)=O)ccc1-c1cccc(O)c1. The third-order valence-corrected chi connectivity index (χ3v) is 4.31. The molecule has 0 aliphatic heterocycles. The lowest BCUT2D eigenvalue weighted by molar-refractivity contribution is 0.317. The second-order valence-electron chi connectivity index (χ2n) is 5.36. The number of sulfone groups is 1. The van der Waals surface area contributed by atoms with Crippen LogP contribution in [0.1, 0.15) is 12.0 Å². The molecular weight excluding hydrogens is 300 g/mol. The molecule has 0 heterocycles. The van der Waals surface area contributed by atoms with Crippen LogP contribution >= 0.6 is 0 Å². The van der Waals surface area contributed by atoms with Crippen molar-refractivity contribution in [1.29, 1.82) is 0 Å². The first-order valence-corrected chi connectivity index (χ1v) is 9.12. The normalized spacial score (nSPS) is 11.4. The fourth-order valence-electron chi connectivity index (χ4n) is 2.23. The van der Waals surface area contributed by atoms with E-state index in [1.165, 1.54) is 6.26 Å². The van der Waals surface area contributed by atoms with Gasteiger partial charge in [-0.3, -0.25) is 0 Å². The van der Waals surface area contributed by atoms with Gasteiger partial charge in [-0.1, -0.05) is 18.2 Å². The lowest BCUT2D eigenvalue weighted by atomic mass is 10.0. The summed E-state index contributed by atoms with van der Waals surface area (Å²) in [5.74, 6) is 1.08. The zero-order valence-corrected chi connectivity index (χ0v) is 13.6. The molecular formula is C17H20O4S. The molecule has 0 saturated carbocycles. The molecule has 0 saturated heterocycles. The summed E-state index contributed by atoms with van der Waals surface area (Å²) in [6.07, 6.45) is 1.70. The lowest BCUT2D eigenvalue weighted by Crippen LogP contribution is -2.08. The van der Waals surface area contributed by atoms with Crippen molar-refractivity contribution in [2.24, 2.45) is 0 Å². The summed E-state index contributed by atoms with van der Waals surface area (Å²) >= 11 is 0. The summed E-state index contributed by atoms with van der Waals surface area (Å²) in [5, 5.41) is 9.56. The van der Waals surface area contributed by atoms with Crippen molar-refractivity contribution in [1.82, 2.24) is 0 Å². The van der Waals surface area contributed by atoms with Crippen LogP contribution in [0.4, 0.5) is 0 Å². The third-order valence-electron chi connectivity index (χ3n) is 3.28. The predicted molar refractivity (Wildman–Crippen MR) is 88.1 cm³/mol. The van der Waals surface area contributed by atoms with Gasteiger partial charge in [0.05, 0.1) is 12.4 Å². The molecule has 0 atom stereocenters. The minimum atomic E-state index is -2.94. The first kappa shape index (κ1) is 16.4. The van der Waals surface area contributed by atoms with Gasteiger partial charge in [0.15, 0.2) is 0 Å². The Bertz CT molecular complexity index is 751. The van der Waals surface area contributed by atoms with E-state index >= 15 is 0 Å². The fourth-order valence-corrected chi connectivity index (χ4v) is 2.88. The maximum atomic E-state index is 11.0. The predicted octanol–water partition coefficient (Wildman–Crippen LogP) is 3.18. The summed E-state index contributed by atoms with van der Waals surface area (Å²) in [7, 11) is -2.94. The highest BCUT2D eigenvalue weighted by molar-refractivity contribution is 7.90.